The van der Waals surface area contributed by atoms with Gasteiger partial charge in [-0.2, -0.15) is 0 Å². The molecule has 0 aliphatic carbocycles. The number of rotatable bonds is 0. The van der Waals surface area contributed by atoms with Crippen LogP contribution >= 0.6 is 0 Å². The van der Waals surface area contributed by atoms with Crippen LogP contribution in [0.5, 0.6) is 0 Å². The first-order chi connectivity index (χ1) is 5.61. The predicted octanol–water partition coefficient (Wildman–Crippen LogP) is -2.23. The highest BCUT2D eigenvalue weighted by molar-refractivity contribution is 6.39. The maximum atomic E-state index is 9.85. The highest BCUT2D eigenvalue weighted by Gasteiger charge is 2.73. The zero-order valence-corrected chi connectivity index (χ0v) is 5.86. The van der Waals surface area contributed by atoms with Crippen LogP contribution in [0.3, 0.4) is 0 Å². The molecule has 0 radical (unpaired) electrons. The van der Waals surface area contributed by atoms with Crippen molar-refractivity contribution in [2.75, 3.05) is 0 Å². The monoisotopic (exact) mass is 168 g/mol. The summed E-state index contributed by atoms with van der Waals surface area (Å²) in [5.74, 6) is -0.333. The van der Waals surface area contributed by atoms with Crippen LogP contribution in [0.15, 0.2) is 0 Å². The number of carbonyl (C=O) groups is 4. The summed E-state index contributed by atoms with van der Waals surface area (Å²) in [5, 5.41) is 2.03. The molecule has 3 aliphatic heterocycles. The van der Waals surface area contributed by atoms with Crippen molar-refractivity contribution >= 4 is 23.6 Å². The van der Waals surface area contributed by atoms with Crippen LogP contribution in [0, 0.1) is 0 Å². The van der Waals surface area contributed by atoms with E-state index < -0.39 is 0 Å². The lowest BCUT2D eigenvalue weighted by Gasteiger charge is -2.08. The van der Waals surface area contributed by atoms with E-state index in [2.05, 4.69) is 0 Å². The van der Waals surface area contributed by atoms with Crippen molar-refractivity contribution in [3.8, 4) is 0 Å². The molecule has 0 aromatic rings. The van der Waals surface area contributed by atoms with Crippen LogP contribution in [0.2, 0.25) is 0 Å². The second-order valence-electron chi connectivity index (χ2n) is 2.60. The van der Waals surface area contributed by atoms with Crippen LogP contribution in [0.25, 0.3) is 0 Å². The number of fused-ring (bicyclic) bond motifs is 1. The quantitative estimate of drug-likeness (QED) is 0.252. The number of amides is 4. The molecule has 0 saturated carbocycles. The molecular weight excluding hydrogens is 164 g/mol. The zero-order chi connectivity index (χ0) is 8.88. The smallest absolute Gasteiger partial charge is 0.263 e. The first-order valence-corrected chi connectivity index (χ1v) is 3.31. The van der Waals surface area contributed by atoms with Gasteiger partial charge in [0.05, 0.1) is 0 Å². The average molecular weight is 168 g/mol. The summed E-state index contributed by atoms with van der Waals surface area (Å²) in [5.41, 5.74) is 0. The average Bonchev–Trinajstić information content (AvgIpc) is 2.79. The summed E-state index contributed by atoms with van der Waals surface area (Å²) in [6, 6.07) is -0.259. The number of nitrogens with zero attached hydrogens (tertiary/aromatic N) is 1. The van der Waals surface area contributed by atoms with Gasteiger partial charge in [-0.25, -0.2) is 0 Å². The standard InChI is InChI=1S/C3HNO2.C3H3NO2/c5-2-1-3(6)4(1)2;5-2-1-3(6)4-2/h1H;1H2,(H,4,5,6). The Morgan fingerprint density at radius 1 is 1.08 bits per heavy atom. The maximum absolute atomic E-state index is 9.85. The van der Waals surface area contributed by atoms with Crippen LogP contribution < -0.4 is 5.32 Å². The molecule has 4 amide bonds. The Morgan fingerprint density at radius 3 is 1.42 bits per heavy atom. The van der Waals surface area contributed by atoms with Crippen LogP contribution in [0.4, 0.5) is 0 Å². The fraction of sp³-hybridized carbons (Fsp3) is 0.333. The zero-order valence-electron chi connectivity index (χ0n) is 5.86. The molecule has 0 bridgehead atoms. The van der Waals surface area contributed by atoms with E-state index in [1.807, 2.05) is 5.32 Å². The molecule has 0 unspecified atom stereocenters. The predicted molar refractivity (Wildman–Crippen MR) is 33.4 cm³/mol. The summed E-state index contributed by atoms with van der Waals surface area (Å²) in [7, 11) is 0. The summed E-state index contributed by atoms with van der Waals surface area (Å²) >= 11 is 0. The molecule has 0 aromatic carbocycles. The van der Waals surface area contributed by atoms with Gasteiger partial charge in [-0.05, 0) is 0 Å². The van der Waals surface area contributed by atoms with Crippen molar-refractivity contribution in [1.29, 1.82) is 0 Å². The van der Waals surface area contributed by atoms with E-state index in [0.29, 0.717) is 0 Å². The molecule has 0 aromatic heterocycles. The van der Waals surface area contributed by atoms with Crippen LogP contribution in [-0.2, 0) is 19.2 Å². The van der Waals surface area contributed by atoms with Crippen molar-refractivity contribution in [2.24, 2.45) is 0 Å². The molecule has 0 atom stereocenters. The highest BCUT2D eigenvalue weighted by atomic mass is 16.2. The molecule has 6 nitrogen and oxygen atoms in total. The molecule has 6 heteroatoms. The third-order valence-corrected chi connectivity index (χ3v) is 1.67. The van der Waals surface area contributed by atoms with Gasteiger partial charge in [0.25, 0.3) is 11.8 Å². The Labute approximate surface area is 66.5 Å². The first kappa shape index (κ1) is 6.96. The molecule has 3 rings (SSSR count). The fourth-order valence-electron chi connectivity index (χ4n) is 0.786. The second-order valence-corrected chi connectivity index (χ2v) is 2.60. The Morgan fingerprint density at radius 2 is 1.42 bits per heavy atom. The lowest BCUT2D eigenvalue weighted by molar-refractivity contribution is -0.141. The van der Waals surface area contributed by atoms with Crippen molar-refractivity contribution < 1.29 is 19.2 Å². The summed E-state index contributed by atoms with van der Waals surface area (Å²) in [4.78, 5) is 40.5. The molecule has 3 heterocycles. The van der Waals surface area contributed by atoms with Gasteiger partial charge >= 0.3 is 0 Å². The maximum Gasteiger partial charge on any atom is 0.263 e. The second kappa shape index (κ2) is 1.90. The molecule has 3 aliphatic rings. The van der Waals surface area contributed by atoms with Crippen LogP contribution in [0.1, 0.15) is 6.42 Å². The van der Waals surface area contributed by atoms with E-state index >= 15 is 0 Å². The molecule has 62 valence electrons. The molecule has 1 N–H and O–H groups in total. The van der Waals surface area contributed by atoms with E-state index in [1.54, 1.807) is 0 Å². The van der Waals surface area contributed by atoms with Crippen molar-refractivity contribution in [1.82, 2.24) is 10.2 Å². The highest BCUT2D eigenvalue weighted by Crippen LogP contribution is 2.37. The van der Waals surface area contributed by atoms with E-state index in [4.69, 9.17) is 0 Å². The normalized spacial score (nSPS) is 23.5. The minimum Gasteiger partial charge on any atom is -0.296 e. The van der Waals surface area contributed by atoms with E-state index in [1.165, 1.54) is 4.90 Å². The van der Waals surface area contributed by atoms with Gasteiger partial charge in [0, 0.05) is 0 Å². The molecular formula is C6H4N2O4. The lowest BCUT2D eigenvalue weighted by atomic mass is 10.3. The molecule has 12 heavy (non-hydrogen) atoms. The minimum atomic E-state index is -0.259. The van der Waals surface area contributed by atoms with Crippen molar-refractivity contribution in [3.63, 3.8) is 0 Å². The van der Waals surface area contributed by atoms with Gasteiger partial charge in [-0.15, -0.1) is 0 Å². The number of β-lactam (4-membered cyclic amide) rings is 4. The Balaban J connectivity index is 0.0000000939. The SMILES string of the molecule is O=C1C2C(=O)N12.O=C1CC(=O)N1. The number of imide groups is 2. The van der Waals surface area contributed by atoms with Gasteiger partial charge in [-0.3, -0.25) is 29.4 Å². The fourth-order valence-corrected chi connectivity index (χ4v) is 0.786. The molecule has 0 spiro atoms. The Hall–Kier alpha value is -1.72. The van der Waals surface area contributed by atoms with Gasteiger partial charge < -0.3 is 0 Å². The number of nitrogens with one attached hydrogen (secondary N) is 1. The van der Waals surface area contributed by atoms with Crippen molar-refractivity contribution in [2.45, 2.75) is 12.5 Å². The third kappa shape index (κ3) is 0.884. The van der Waals surface area contributed by atoms with Crippen LogP contribution in [-0.4, -0.2) is 34.6 Å². The first-order valence-electron chi connectivity index (χ1n) is 3.31. The van der Waals surface area contributed by atoms with E-state index in [0.717, 1.165) is 0 Å². The van der Waals surface area contributed by atoms with E-state index in [9.17, 15) is 19.2 Å². The van der Waals surface area contributed by atoms with Crippen molar-refractivity contribution in [3.05, 3.63) is 0 Å². The van der Waals surface area contributed by atoms with Gasteiger partial charge in [-0.1, -0.05) is 0 Å². The minimum absolute atomic E-state index is 0.000000000000000222. The summed E-state index contributed by atoms with van der Waals surface area (Å²) in [6.45, 7) is 0. The van der Waals surface area contributed by atoms with Gasteiger partial charge in [0.15, 0.2) is 6.04 Å². The van der Waals surface area contributed by atoms with Gasteiger partial charge in [0.2, 0.25) is 11.8 Å². The summed E-state index contributed by atoms with van der Waals surface area (Å²) < 4.78 is 0. The number of hydrogen-bond donors (Lipinski definition) is 1. The Kier molecular flexibility index (Phi) is 1.10. The Bertz CT molecular complexity index is 266. The lowest BCUT2D eigenvalue weighted by Crippen LogP contribution is -2.43. The topological polar surface area (TPSA) is 83.3 Å². The third-order valence-electron chi connectivity index (χ3n) is 1.67. The number of hydrogen-bond acceptors (Lipinski definition) is 4. The number of carbonyl (C=O) groups excluding carboxylic acids is 4. The van der Waals surface area contributed by atoms with Gasteiger partial charge in [0.1, 0.15) is 6.42 Å². The molecule has 3 saturated heterocycles. The van der Waals surface area contributed by atoms with E-state index in [-0.39, 0.29) is 36.1 Å². The molecule has 3 fully saturated rings. The summed E-state index contributed by atoms with van der Waals surface area (Å²) in [6.07, 6.45) is 0.0833. The largest absolute Gasteiger partial charge is 0.296 e.